The van der Waals surface area contributed by atoms with Crippen LogP contribution in [0, 0.1) is 5.82 Å². The quantitative estimate of drug-likeness (QED) is 0.424. The van der Waals surface area contributed by atoms with E-state index in [-0.39, 0.29) is 24.2 Å². The number of amides is 2. The van der Waals surface area contributed by atoms with Crippen molar-refractivity contribution >= 4 is 11.8 Å². The van der Waals surface area contributed by atoms with Crippen molar-refractivity contribution in [2.75, 3.05) is 34.4 Å². The molecule has 3 aromatic rings. The first-order chi connectivity index (χ1) is 18.8. The maximum atomic E-state index is 14.3. The number of ether oxygens (including phenoxy) is 3. The third-order valence-corrected chi connectivity index (χ3v) is 7.05. The number of hydrogen-bond donors (Lipinski definition) is 1. The Morgan fingerprint density at radius 1 is 1.08 bits per heavy atom. The molecular formula is C29H35FN4O5. The predicted octanol–water partition coefficient (Wildman–Crippen LogP) is 3.55. The smallest absolute Gasteiger partial charge is 0.245 e. The maximum Gasteiger partial charge on any atom is 0.245 e. The van der Waals surface area contributed by atoms with Gasteiger partial charge in [-0.05, 0) is 42.2 Å². The van der Waals surface area contributed by atoms with Crippen LogP contribution in [0.3, 0.4) is 0 Å². The van der Waals surface area contributed by atoms with Gasteiger partial charge in [-0.3, -0.25) is 9.59 Å². The number of piperidine rings is 1. The molecule has 1 aliphatic rings. The molecule has 1 aromatic heterocycles. The second-order valence-electron chi connectivity index (χ2n) is 9.60. The molecule has 0 spiro atoms. The molecule has 2 amide bonds. The van der Waals surface area contributed by atoms with Gasteiger partial charge in [-0.2, -0.15) is 0 Å². The van der Waals surface area contributed by atoms with E-state index in [9.17, 15) is 14.0 Å². The highest BCUT2D eigenvalue weighted by molar-refractivity contribution is 5.87. The van der Waals surface area contributed by atoms with Crippen molar-refractivity contribution in [3.63, 3.8) is 0 Å². The van der Waals surface area contributed by atoms with Crippen molar-refractivity contribution in [2.45, 2.75) is 44.7 Å². The summed E-state index contributed by atoms with van der Waals surface area (Å²) in [5.41, 5.74) is 1.37. The Hall–Kier alpha value is -4.08. The lowest BCUT2D eigenvalue weighted by Crippen LogP contribution is -2.51. The number of benzene rings is 2. The van der Waals surface area contributed by atoms with Crippen molar-refractivity contribution < 1.29 is 28.2 Å². The fourth-order valence-corrected chi connectivity index (χ4v) is 5.15. The van der Waals surface area contributed by atoms with E-state index in [2.05, 4.69) is 14.9 Å². The number of likely N-dealkylation sites (tertiary alicyclic amines) is 1. The minimum Gasteiger partial charge on any atom is -0.493 e. The minimum absolute atomic E-state index is 0.101. The molecular weight excluding hydrogens is 503 g/mol. The summed E-state index contributed by atoms with van der Waals surface area (Å²) in [4.78, 5) is 31.6. The summed E-state index contributed by atoms with van der Waals surface area (Å²) >= 11 is 0. The molecule has 39 heavy (non-hydrogen) atoms. The lowest BCUT2D eigenvalue weighted by Gasteiger charge is -2.34. The van der Waals surface area contributed by atoms with Gasteiger partial charge in [0.25, 0.3) is 0 Å². The van der Waals surface area contributed by atoms with Crippen LogP contribution in [0.2, 0.25) is 0 Å². The van der Waals surface area contributed by atoms with Gasteiger partial charge in [0, 0.05) is 51.3 Å². The zero-order valence-electron chi connectivity index (χ0n) is 22.8. The number of imidazole rings is 1. The summed E-state index contributed by atoms with van der Waals surface area (Å²) in [5.74, 6) is 1.91. The van der Waals surface area contributed by atoms with Crippen LogP contribution in [-0.4, -0.2) is 66.7 Å². The fraction of sp³-hybridized carbons (Fsp3) is 0.414. The summed E-state index contributed by atoms with van der Waals surface area (Å²) in [6.07, 6.45) is 5.28. The van der Waals surface area contributed by atoms with E-state index in [4.69, 9.17) is 14.2 Å². The van der Waals surface area contributed by atoms with Crippen LogP contribution in [0.15, 0.2) is 48.8 Å². The molecule has 10 heteroatoms. The van der Waals surface area contributed by atoms with Gasteiger partial charge in [-0.25, -0.2) is 9.37 Å². The van der Waals surface area contributed by atoms with Crippen LogP contribution >= 0.6 is 0 Å². The average molecular weight is 539 g/mol. The highest BCUT2D eigenvalue weighted by Gasteiger charge is 2.31. The Bertz CT molecular complexity index is 1280. The number of aromatic nitrogens is 2. The van der Waals surface area contributed by atoms with Gasteiger partial charge in [0.15, 0.2) is 11.5 Å². The SMILES string of the molecule is COc1cc(Cn2ccnc2C2CCN(C(=O)C(Cc3ccccc3F)NC(C)=O)CC2)cc(OC)c1OC. The first kappa shape index (κ1) is 27.9. The minimum atomic E-state index is -0.821. The molecule has 1 atom stereocenters. The second kappa shape index (κ2) is 12.6. The Labute approximate surface area is 227 Å². The second-order valence-corrected chi connectivity index (χ2v) is 9.60. The highest BCUT2D eigenvalue weighted by atomic mass is 19.1. The Morgan fingerprint density at radius 2 is 1.74 bits per heavy atom. The molecule has 0 bridgehead atoms. The molecule has 208 valence electrons. The van der Waals surface area contributed by atoms with E-state index in [1.165, 1.54) is 13.0 Å². The summed E-state index contributed by atoms with van der Waals surface area (Å²) in [5, 5.41) is 2.71. The van der Waals surface area contributed by atoms with Crippen molar-refractivity contribution in [1.82, 2.24) is 19.8 Å². The van der Waals surface area contributed by atoms with E-state index >= 15 is 0 Å². The molecule has 0 aliphatic carbocycles. The van der Waals surface area contributed by atoms with Crippen molar-refractivity contribution in [2.24, 2.45) is 0 Å². The first-order valence-electron chi connectivity index (χ1n) is 12.9. The molecule has 1 saturated heterocycles. The standard InChI is InChI=1S/C29H35FN4O5/c1-19(35)32-24(17-22-7-5-6-8-23(22)30)29(36)33-12-9-21(10-13-33)28-31-11-14-34(28)18-20-15-25(37-2)27(39-4)26(16-20)38-3/h5-8,11,14-16,21,24H,9-10,12-13,17-18H2,1-4H3,(H,32,35). The molecule has 0 radical (unpaired) electrons. The van der Waals surface area contributed by atoms with Crippen LogP contribution in [0.25, 0.3) is 0 Å². The number of carbonyl (C=O) groups excluding carboxylic acids is 2. The molecule has 0 saturated carbocycles. The maximum absolute atomic E-state index is 14.3. The summed E-state index contributed by atoms with van der Waals surface area (Å²) in [6, 6.07) is 9.34. The van der Waals surface area contributed by atoms with Gasteiger partial charge >= 0.3 is 0 Å². The van der Waals surface area contributed by atoms with Crippen molar-refractivity contribution in [3.8, 4) is 17.2 Å². The van der Waals surface area contributed by atoms with E-state index in [0.29, 0.717) is 42.4 Å². The number of halogens is 1. The zero-order chi connectivity index (χ0) is 27.9. The van der Waals surface area contributed by atoms with Gasteiger partial charge < -0.3 is 29.0 Å². The van der Waals surface area contributed by atoms with E-state index in [1.807, 2.05) is 18.3 Å². The van der Waals surface area contributed by atoms with Crippen LogP contribution in [0.1, 0.15) is 42.6 Å². The van der Waals surface area contributed by atoms with E-state index in [0.717, 1.165) is 24.2 Å². The Balaban J connectivity index is 1.44. The summed E-state index contributed by atoms with van der Waals surface area (Å²) in [6.45, 7) is 2.97. The number of methoxy groups -OCH3 is 3. The molecule has 1 aliphatic heterocycles. The van der Waals surface area contributed by atoms with Crippen LogP contribution in [0.5, 0.6) is 17.2 Å². The third kappa shape index (κ3) is 6.50. The van der Waals surface area contributed by atoms with Crippen LogP contribution in [0.4, 0.5) is 4.39 Å². The Morgan fingerprint density at radius 3 is 2.33 bits per heavy atom. The first-order valence-corrected chi connectivity index (χ1v) is 12.9. The number of hydrogen-bond acceptors (Lipinski definition) is 6. The van der Waals surface area contributed by atoms with Gasteiger partial charge in [-0.1, -0.05) is 18.2 Å². The highest BCUT2D eigenvalue weighted by Crippen LogP contribution is 2.38. The topological polar surface area (TPSA) is 94.9 Å². The van der Waals surface area contributed by atoms with Crippen molar-refractivity contribution in [3.05, 3.63) is 71.6 Å². The van der Waals surface area contributed by atoms with Gasteiger partial charge in [0.05, 0.1) is 21.3 Å². The summed E-state index contributed by atoms with van der Waals surface area (Å²) < 4.78 is 32.8. The molecule has 2 heterocycles. The monoisotopic (exact) mass is 538 g/mol. The van der Waals surface area contributed by atoms with Gasteiger partial charge in [0.2, 0.25) is 17.6 Å². The third-order valence-electron chi connectivity index (χ3n) is 7.05. The molecule has 1 fully saturated rings. The zero-order valence-corrected chi connectivity index (χ0v) is 22.8. The average Bonchev–Trinajstić information content (AvgIpc) is 3.40. The van der Waals surface area contributed by atoms with E-state index in [1.54, 1.807) is 50.6 Å². The predicted molar refractivity (Wildman–Crippen MR) is 144 cm³/mol. The van der Waals surface area contributed by atoms with Crippen LogP contribution < -0.4 is 19.5 Å². The van der Waals surface area contributed by atoms with Gasteiger partial charge in [-0.15, -0.1) is 0 Å². The number of nitrogens with one attached hydrogen (secondary N) is 1. The lowest BCUT2D eigenvalue weighted by molar-refractivity contribution is -0.137. The molecule has 2 aromatic carbocycles. The molecule has 9 nitrogen and oxygen atoms in total. The fourth-order valence-electron chi connectivity index (χ4n) is 5.15. The Kier molecular flexibility index (Phi) is 9.06. The molecule has 1 N–H and O–H groups in total. The number of nitrogens with zero attached hydrogens (tertiary/aromatic N) is 3. The molecule has 1 unspecified atom stereocenters. The number of rotatable bonds is 10. The van der Waals surface area contributed by atoms with E-state index < -0.39 is 11.9 Å². The largest absolute Gasteiger partial charge is 0.493 e. The van der Waals surface area contributed by atoms with Crippen molar-refractivity contribution in [1.29, 1.82) is 0 Å². The molecule has 4 rings (SSSR count). The van der Waals surface area contributed by atoms with Gasteiger partial charge in [0.1, 0.15) is 17.7 Å². The number of carbonyl (C=O) groups is 2. The lowest BCUT2D eigenvalue weighted by atomic mass is 9.94. The normalized spacial score (nSPS) is 14.5. The van der Waals surface area contributed by atoms with Crippen LogP contribution in [-0.2, 0) is 22.6 Å². The summed E-state index contributed by atoms with van der Waals surface area (Å²) in [7, 11) is 4.75.